The molecule has 0 spiro atoms. The van der Waals surface area contributed by atoms with Gasteiger partial charge in [-0.15, -0.1) is 0 Å². The van der Waals surface area contributed by atoms with Crippen molar-refractivity contribution >= 4 is 11.8 Å². The van der Waals surface area contributed by atoms with Crippen LogP contribution >= 0.6 is 0 Å². The number of hydrogen-bond acceptors (Lipinski definition) is 3. The summed E-state index contributed by atoms with van der Waals surface area (Å²) in [6, 6.07) is 0. The molecule has 4 fully saturated rings. The van der Waals surface area contributed by atoms with Crippen molar-refractivity contribution < 1.29 is 14.7 Å². The Labute approximate surface area is 117 Å². The number of aromatic nitrogens is 2. The lowest BCUT2D eigenvalue weighted by atomic mass is 9.53. The molecule has 0 aliphatic heterocycles. The number of Topliss-reactive ketones (excluding diaryl/α,β-unsaturated/α-hetero) is 1. The number of carbonyl (C=O) groups excluding carboxylic acids is 1. The van der Waals surface area contributed by atoms with Gasteiger partial charge in [-0.25, -0.2) is 9.78 Å². The first kappa shape index (κ1) is 12.1. The van der Waals surface area contributed by atoms with Gasteiger partial charge in [0.2, 0.25) is 0 Å². The van der Waals surface area contributed by atoms with Crippen molar-refractivity contribution in [2.45, 2.75) is 44.1 Å². The van der Waals surface area contributed by atoms with Crippen LogP contribution in [-0.2, 0) is 10.3 Å². The van der Waals surface area contributed by atoms with Gasteiger partial charge < -0.3 is 9.67 Å². The van der Waals surface area contributed by atoms with Crippen molar-refractivity contribution in [3.8, 4) is 0 Å². The van der Waals surface area contributed by atoms with Gasteiger partial charge in [-0.05, 0) is 56.3 Å². The smallest absolute Gasteiger partial charge is 0.380 e. The topological polar surface area (TPSA) is 72.2 Å². The summed E-state index contributed by atoms with van der Waals surface area (Å²) in [5.74, 6) is 0.0525. The molecule has 106 valence electrons. The molecule has 1 aromatic heterocycles. The van der Waals surface area contributed by atoms with Crippen LogP contribution in [0.2, 0.25) is 0 Å². The Balaban J connectivity index is 1.76. The largest absolute Gasteiger partial charge is 0.475 e. The van der Waals surface area contributed by atoms with Crippen molar-refractivity contribution in [1.82, 2.24) is 9.55 Å². The number of carboxylic acid groups (broad SMARTS) is 1. The molecule has 5 rings (SSSR count). The van der Waals surface area contributed by atoms with Gasteiger partial charge in [-0.1, -0.05) is 0 Å². The predicted octanol–water partition coefficient (Wildman–Crippen LogP) is 2.08. The second-order valence-electron chi connectivity index (χ2n) is 6.90. The minimum atomic E-state index is -1.41. The third kappa shape index (κ3) is 1.58. The Morgan fingerprint density at radius 1 is 1.15 bits per heavy atom. The first-order chi connectivity index (χ1) is 9.57. The molecule has 1 aromatic rings. The van der Waals surface area contributed by atoms with E-state index in [4.69, 9.17) is 5.11 Å². The second-order valence-corrected chi connectivity index (χ2v) is 6.90. The number of carbonyl (C=O) groups is 2. The highest BCUT2D eigenvalue weighted by molar-refractivity contribution is 6.38. The number of rotatable bonds is 3. The molecular weight excluding hydrogens is 256 g/mol. The number of hydrogen-bond donors (Lipinski definition) is 1. The van der Waals surface area contributed by atoms with Crippen LogP contribution in [0, 0.1) is 17.8 Å². The zero-order valence-electron chi connectivity index (χ0n) is 11.3. The van der Waals surface area contributed by atoms with Crippen LogP contribution in [0.15, 0.2) is 12.4 Å². The second kappa shape index (κ2) is 3.93. The Kier molecular flexibility index (Phi) is 2.38. The summed E-state index contributed by atoms with van der Waals surface area (Å²) in [7, 11) is 0. The molecule has 0 aromatic carbocycles. The molecule has 1 heterocycles. The minimum Gasteiger partial charge on any atom is -0.475 e. The SMILES string of the molecule is O=C(O)C(=O)c1nccn1C12CC3CC(CC(C3)C1)C2. The molecule has 0 atom stereocenters. The van der Waals surface area contributed by atoms with E-state index in [0.29, 0.717) is 0 Å². The first-order valence-electron chi connectivity index (χ1n) is 7.39. The highest BCUT2D eigenvalue weighted by Gasteiger charge is 2.52. The van der Waals surface area contributed by atoms with Crippen molar-refractivity contribution in [3.63, 3.8) is 0 Å². The van der Waals surface area contributed by atoms with Gasteiger partial charge in [0.05, 0.1) is 0 Å². The molecule has 20 heavy (non-hydrogen) atoms. The lowest BCUT2D eigenvalue weighted by molar-refractivity contribution is -0.131. The van der Waals surface area contributed by atoms with E-state index in [9.17, 15) is 9.59 Å². The Morgan fingerprint density at radius 2 is 1.70 bits per heavy atom. The van der Waals surface area contributed by atoms with E-state index in [1.54, 1.807) is 6.20 Å². The van der Waals surface area contributed by atoms with Gasteiger partial charge in [-0.2, -0.15) is 0 Å². The van der Waals surface area contributed by atoms with E-state index in [-0.39, 0.29) is 11.4 Å². The summed E-state index contributed by atoms with van der Waals surface area (Å²) in [5.41, 5.74) is -0.0499. The monoisotopic (exact) mass is 274 g/mol. The molecule has 4 aliphatic carbocycles. The van der Waals surface area contributed by atoms with Crippen LogP contribution in [0.1, 0.15) is 49.1 Å². The van der Waals surface area contributed by atoms with Crippen molar-refractivity contribution in [3.05, 3.63) is 18.2 Å². The molecule has 5 heteroatoms. The van der Waals surface area contributed by atoms with Gasteiger partial charge in [0.25, 0.3) is 0 Å². The normalized spacial score (nSPS) is 38.1. The van der Waals surface area contributed by atoms with Crippen molar-refractivity contribution in [2.24, 2.45) is 17.8 Å². The van der Waals surface area contributed by atoms with Gasteiger partial charge in [0.1, 0.15) is 0 Å². The fourth-order valence-electron chi connectivity index (χ4n) is 5.31. The zero-order chi connectivity index (χ0) is 13.9. The molecule has 0 amide bonds. The van der Waals surface area contributed by atoms with E-state index < -0.39 is 11.8 Å². The molecule has 0 unspecified atom stereocenters. The predicted molar refractivity (Wildman–Crippen MR) is 70.3 cm³/mol. The van der Waals surface area contributed by atoms with Crippen LogP contribution < -0.4 is 0 Å². The van der Waals surface area contributed by atoms with Gasteiger partial charge >= 0.3 is 11.8 Å². The number of carboxylic acids is 1. The van der Waals surface area contributed by atoms with E-state index >= 15 is 0 Å². The summed E-state index contributed by atoms with van der Waals surface area (Å²) in [6.45, 7) is 0. The van der Waals surface area contributed by atoms with E-state index in [2.05, 4.69) is 4.98 Å². The number of nitrogens with zero attached hydrogens (tertiary/aromatic N) is 2. The number of imidazole rings is 1. The van der Waals surface area contributed by atoms with Crippen LogP contribution in [0.5, 0.6) is 0 Å². The van der Waals surface area contributed by atoms with Crippen LogP contribution in [-0.4, -0.2) is 26.4 Å². The highest BCUT2D eigenvalue weighted by atomic mass is 16.4. The quantitative estimate of drug-likeness (QED) is 0.676. The van der Waals surface area contributed by atoms with Crippen molar-refractivity contribution in [2.75, 3.05) is 0 Å². The lowest BCUT2D eigenvalue weighted by Crippen LogP contribution is -2.52. The Bertz CT molecular complexity index is 554. The molecule has 0 radical (unpaired) electrons. The Morgan fingerprint density at radius 3 is 2.20 bits per heavy atom. The maximum Gasteiger partial charge on any atom is 0.380 e. The summed E-state index contributed by atoms with van der Waals surface area (Å²) in [4.78, 5) is 26.8. The highest BCUT2D eigenvalue weighted by Crippen LogP contribution is 2.58. The maximum atomic E-state index is 11.8. The van der Waals surface area contributed by atoms with Crippen molar-refractivity contribution in [1.29, 1.82) is 0 Å². The number of ketones is 1. The van der Waals surface area contributed by atoms with Gasteiger partial charge in [-0.3, -0.25) is 4.79 Å². The molecule has 5 nitrogen and oxygen atoms in total. The van der Waals surface area contributed by atoms with Crippen LogP contribution in [0.25, 0.3) is 0 Å². The minimum absolute atomic E-state index is 0.0499. The molecular formula is C15H18N2O3. The fraction of sp³-hybridized carbons (Fsp3) is 0.667. The van der Waals surface area contributed by atoms with Gasteiger partial charge in [0, 0.05) is 17.9 Å². The molecule has 1 N–H and O–H groups in total. The summed E-state index contributed by atoms with van der Waals surface area (Å²) in [5, 5.41) is 8.96. The first-order valence-corrected chi connectivity index (χ1v) is 7.39. The molecule has 4 aliphatic rings. The summed E-state index contributed by atoms with van der Waals surface area (Å²) < 4.78 is 1.90. The number of aliphatic carboxylic acids is 1. The fourth-order valence-corrected chi connectivity index (χ4v) is 5.31. The lowest BCUT2D eigenvalue weighted by Gasteiger charge is -2.57. The zero-order valence-corrected chi connectivity index (χ0v) is 11.3. The van der Waals surface area contributed by atoms with E-state index in [0.717, 1.165) is 37.0 Å². The summed E-state index contributed by atoms with van der Waals surface area (Å²) in [6.07, 6.45) is 10.6. The Hall–Kier alpha value is -1.65. The molecule has 4 bridgehead atoms. The van der Waals surface area contributed by atoms with E-state index in [1.807, 2.05) is 10.8 Å². The van der Waals surface area contributed by atoms with E-state index in [1.165, 1.54) is 19.3 Å². The molecule has 4 saturated carbocycles. The standard InChI is InChI=1S/C15H18N2O3/c18-12(14(19)20)13-16-1-2-17(13)15-6-9-3-10(7-15)5-11(4-9)8-15/h1-2,9-11H,3-8H2,(H,19,20). The third-order valence-corrected chi connectivity index (χ3v) is 5.56. The van der Waals surface area contributed by atoms with Crippen LogP contribution in [0.3, 0.4) is 0 Å². The molecule has 0 saturated heterocycles. The summed E-state index contributed by atoms with van der Waals surface area (Å²) >= 11 is 0. The average Bonchev–Trinajstić information content (AvgIpc) is 2.85. The van der Waals surface area contributed by atoms with Crippen LogP contribution in [0.4, 0.5) is 0 Å². The third-order valence-electron chi connectivity index (χ3n) is 5.56. The van der Waals surface area contributed by atoms with Gasteiger partial charge in [0.15, 0.2) is 5.82 Å². The average molecular weight is 274 g/mol. The maximum absolute atomic E-state index is 11.8.